The van der Waals surface area contributed by atoms with Crippen LogP contribution < -0.4 is 10.6 Å². The zero-order valence-corrected chi connectivity index (χ0v) is 12.5. The second-order valence-electron chi connectivity index (χ2n) is 4.27. The Hall–Kier alpha value is -1.66. The van der Waals surface area contributed by atoms with E-state index < -0.39 is 11.8 Å². The van der Waals surface area contributed by atoms with Crippen LogP contribution >= 0.6 is 22.9 Å². The molecule has 106 valence electrons. The SMILES string of the molecule is Cc1csc([C@H](C)NC(=O)Nc2cc(Cl)ccc2F)n1. The number of hydrogen-bond donors (Lipinski definition) is 2. The maximum absolute atomic E-state index is 13.5. The van der Waals surface area contributed by atoms with Gasteiger partial charge >= 0.3 is 6.03 Å². The molecule has 4 nitrogen and oxygen atoms in total. The van der Waals surface area contributed by atoms with Crippen LogP contribution in [-0.2, 0) is 0 Å². The van der Waals surface area contributed by atoms with E-state index in [1.165, 1.54) is 29.5 Å². The van der Waals surface area contributed by atoms with E-state index >= 15 is 0 Å². The van der Waals surface area contributed by atoms with Gasteiger partial charge in [0, 0.05) is 16.1 Å². The van der Waals surface area contributed by atoms with Crippen molar-refractivity contribution in [3.05, 3.63) is 45.1 Å². The molecule has 0 saturated carbocycles. The van der Waals surface area contributed by atoms with Crippen LogP contribution in [0.5, 0.6) is 0 Å². The summed E-state index contributed by atoms with van der Waals surface area (Å²) < 4.78 is 13.5. The van der Waals surface area contributed by atoms with E-state index in [1.807, 2.05) is 19.2 Å². The number of urea groups is 1. The molecule has 1 heterocycles. The van der Waals surface area contributed by atoms with E-state index in [2.05, 4.69) is 15.6 Å². The van der Waals surface area contributed by atoms with Gasteiger partial charge in [-0.1, -0.05) is 11.6 Å². The van der Waals surface area contributed by atoms with Gasteiger partial charge in [0.15, 0.2) is 0 Å². The fourth-order valence-electron chi connectivity index (χ4n) is 1.58. The maximum Gasteiger partial charge on any atom is 0.319 e. The number of nitrogens with zero attached hydrogens (tertiary/aromatic N) is 1. The summed E-state index contributed by atoms with van der Waals surface area (Å²) in [4.78, 5) is 16.1. The average Bonchev–Trinajstić information content (AvgIpc) is 2.80. The third-order valence-corrected chi connectivity index (χ3v) is 3.91. The van der Waals surface area contributed by atoms with Crippen LogP contribution in [0, 0.1) is 12.7 Å². The van der Waals surface area contributed by atoms with Crippen LogP contribution in [0.2, 0.25) is 5.02 Å². The molecule has 0 unspecified atom stereocenters. The number of carbonyl (C=O) groups excluding carboxylic acids is 1. The van der Waals surface area contributed by atoms with Crippen molar-refractivity contribution in [1.82, 2.24) is 10.3 Å². The van der Waals surface area contributed by atoms with Crippen LogP contribution in [0.25, 0.3) is 0 Å². The molecule has 0 bridgehead atoms. The van der Waals surface area contributed by atoms with Crippen molar-refractivity contribution in [2.45, 2.75) is 19.9 Å². The van der Waals surface area contributed by atoms with Gasteiger partial charge in [-0.25, -0.2) is 14.2 Å². The Morgan fingerprint density at radius 3 is 2.90 bits per heavy atom. The highest BCUT2D eigenvalue weighted by Gasteiger charge is 2.14. The van der Waals surface area contributed by atoms with Gasteiger partial charge in [0.1, 0.15) is 10.8 Å². The third kappa shape index (κ3) is 3.68. The molecule has 1 aromatic heterocycles. The van der Waals surface area contributed by atoms with Crippen LogP contribution in [0.15, 0.2) is 23.6 Å². The summed E-state index contributed by atoms with van der Waals surface area (Å²) >= 11 is 7.22. The van der Waals surface area contributed by atoms with Gasteiger partial charge in [-0.2, -0.15) is 0 Å². The van der Waals surface area contributed by atoms with Crippen LogP contribution in [0.4, 0.5) is 14.9 Å². The quantitative estimate of drug-likeness (QED) is 0.895. The van der Waals surface area contributed by atoms with Crippen molar-refractivity contribution in [2.24, 2.45) is 0 Å². The zero-order valence-electron chi connectivity index (χ0n) is 10.9. The number of hydrogen-bond acceptors (Lipinski definition) is 3. The molecule has 2 amide bonds. The summed E-state index contributed by atoms with van der Waals surface area (Å²) in [6, 6.07) is 3.21. The van der Waals surface area contributed by atoms with Crippen molar-refractivity contribution in [3.8, 4) is 0 Å². The molecule has 1 atom stereocenters. The Kier molecular flexibility index (Phi) is 4.57. The molecule has 2 rings (SSSR count). The van der Waals surface area contributed by atoms with Gasteiger partial charge in [0.05, 0.1) is 11.7 Å². The van der Waals surface area contributed by atoms with Crippen molar-refractivity contribution in [2.75, 3.05) is 5.32 Å². The van der Waals surface area contributed by atoms with Gasteiger partial charge in [0.2, 0.25) is 0 Å². The van der Waals surface area contributed by atoms with Crippen molar-refractivity contribution < 1.29 is 9.18 Å². The monoisotopic (exact) mass is 313 g/mol. The first kappa shape index (κ1) is 14.7. The van der Waals surface area contributed by atoms with Gasteiger partial charge in [-0.3, -0.25) is 0 Å². The first-order valence-corrected chi connectivity index (χ1v) is 7.16. The molecule has 0 radical (unpaired) electrons. The Morgan fingerprint density at radius 1 is 1.50 bits per heavy atom. The fraction of sp³-hybridized carbons (Fsp3) is 0.231. The largest absolute Gasteiger partial charge is 0.329 e. The molecule has 7 heteroatoms. The summed E-state index contributed by atoms with van der Waals surface area (Å²) in [6.45, 7) is 3.69. The minimum absolute atomic E-state index is 0.0394. The van der Waals surface area contributed by atoms with Gasteiger partial charge in [-0.15, -0.1) is 11.3 Å². The first-order chi connectivity index (χ1) is 9.45. The topological polar surface area (TPSA) is 54.0 Å². The molecule has 1 aromatic carbocycles. The van der Waals surface area contributed by atoms with E-state index in [0.717, 1.165) is 10.7 Å². The lowest BCUT2D eigenvalue weighted by molar-refractivity contribution is 0.249. The highest BCUT2D eigenvalue weighted by molar-refractivity contribution is 7.09. The Bertz CT molecular complexity index is 632. The van der Waals surface area contributed by atoms with E-state index in [-0.39, 0.29) is 11.7 Å². The third-order valence-electron chi connectivity index (χ3n) is 2.53. The number of rotatable bonds is 3. The molecule has 0 aliphatic rings. The van der Waals surface area contributed by atoms with Gasteiger partial charge < -0.3 is 10.6 Å². The van der Waals surface area contributed by atoms with E-state index in [0.29, 0.717) is 5.02 Å². The molecule has 2 aromatic rings. The summed E-state index contributed by atoms with van der Waals surface area (Å²) in [5.41, 5.74) is 0.942. The second kappa shape index (κ2) is 6.19. The highest BCUT2D eigenvalue weighted by Crippen LogP contribution is 2.20. The van der Waals surface area contributed by atoms with E-state index in [1.54, 1.807) is 0 Å². The number of aromatic nitrogens is 1. The van der Waals surface area contributed by atoms with Gasteiger partial charge in [-0.05, 0) is 32.0 Å². The molecule has 0 aliphatic carbocycles. The minimum Gasteiger partial charge on any atom is -0.329 e. The van der Waals surface area contributed by atoms with Crippen LogP contribution in [0.1, 0.15) is 23.7 Å². The maximum atomic E-state index is 13.5. The van der Waals surface area contributed by atoms with Crippen molar-refractivity contribution >= 4 is 34.7 Å². The van der Waals surface area contributed by atoms with Gasteiger partial charge in [0.25, 0.3) is 0 Å². The van der Waals surface area contributed by atoms with Crippen LogP contribution in [0.3, 0.4) is 0 Å². The first-order valence-electron chi connectivity index (χ1n) is 5.90. The predicted molar refractivity (Wildman–Crippen MR) is 78.8 cm³/mol. The number of thiazole rings is 1. The summed E-state index contributed by atoms with van der Waals surface area (Å²) in [7, 11) is 0. The highest BCUT2D eigenvalue weighted by atomic mass is 35.5. The molecule has 0 saturated heterocycles. The number of benzene rings is 1. The Balaban J connectivity index is 2.00. The molecule has 0 aliphatic heterocycles. The fourth-order valence-corrected chi connectivity index (χ4v) is 2.56. The number of anilines is 1. The normalized spacial score (nSPS) is 12.0. The number of carbonyl (C=O) groups is 1. The molecule has 0 spiro atoms. The van der Waals surface area contributed by atoms with Crippen LogP contribution in [-0.4, -0.2) is 11.0 Å². The molecular formula is C13H13ClFN3OS. The molecule has 0 fully saturated rings. The summed E-state index contributed by atoms with van der Waals surface area (Å²) in [6.07, 6.45) is 0. The average molecular weight is 314 g/mol. The summed E-state index contributed by atoms with van der Waals surface area (Å²) in [5, 5.41) is 8.17. The smallest absolute Gasteiger partial charge is 0.319 e. The Labute approximate surface area is 125 Å². The lowest BCUT2D eigenvalue weighted by Gasteiger charge is -2.13. The van der Waals surface area contributed by atoms with Crippen molar-refractivity contribution in [1.29, 1.82) is 0 Å². The number of halogens is 2. The lowest BCUT2D eigenvalue weighted by atomic mass is 10.3. The number of amides is 2. The second-order valence-corrected chi connectivity index (χ2v) is 5.60. The van der Waals surface area contributed by atoms with E-state index in [9.17, 15) is 9.18 Å². The minimum atomic E-state index is -0.540. The summed E-state index contributed by atoms with van der Waals surface area (Å²) in [5.74, 6) is -0.540. The molecule has 2 N–H and O–H groups in total. The molecule has 20 heavy (non-hydrogen) atoms. The Morgan fingerprint density at radius 2 is 2.25 bits per heavy atom. The lowest BCUT2D eigenvalue weighted by Crippen LogP contribution is -2.31. The molecular weight excluding hydrogens is 301 g/mol. The van der Waals surface area contributed by atoms with Crippen molar-refractivity contribution in [3.63, 3.8) is 0 Å². The predicted octanol–water partition coefficient (Wildman–Crippen LogP) is 4.13. The zero-order chi connectivity index (χ0) is 14.7. The number of nitrogens with one attached hydrogen (secondary N) is 2. The van der Waals surface area contributed by atoms with E-state index in [4.69, 9.17) is 11.6 Å². The number of aryl methyl sites for hydroxylation is 1. The standard InChI is InChI=1S/C13H13ClFN3OS/c1-7-6-20-12(16-7)8(2)17-13(19)18-11-5-9(14)3-4-10(11)15/h3-6,8H,1-2H3,(H2,17,18,19)/t8-/m0/s1.